The van der Waals surface area contributed by atoms with E-state index in [1.165, 1.54) is 0 Å². The summed E-state index contributed by atoms with van der Waals surface area (Å²) in [6, 6.07) is 9.79. The Hall–Kier alpha value is -1.39. The second-order valence-electron chi connectivity index (χ2n) is 4.56. The molecule has 0 spiro atoms. The zero-order chi connectivity index (χ0) is 12.3. The molecule has 1 amide bonds. The molecule has 17 heavy (non-hydrogen) atoms. The number of carbonyl (C=O) groups excluding carboxylic acids is 1. The topological polar surface area (TPSA) is 64.4 Å². The van der Waals surface area contributed by atoms with Gasteiger partial charge in [0.2, 0.25) is 5.91 Å². The summed E-state index contributed by atoms with van der Waals surface area (Å²) in [4.78, 5) is 12.0. The maximum absolute atomic E-state index is 12.0. The fourth-order valence-corrected chi connectivity index (χ4v) is 1.93. The molecule has 4 heteroatoms. The zero-order valence-corrected chi connectivity index (χ0v) is 9.98. The Kier molecular flexibility index (Phi) is 3.45. The van der Waals surface area contributed by atoms with Crippen LogP contribution in [0.1, 0.15) is 24.9 Å². The third-order valence-electron chi connectivity index (χ3n) is 3.15. The molecule has 1 aliphatic heterocycles. The average Bonchev–Trinajstić information content (AvgIpc) is 2.78. The van der Waals surface area contributed by atoms with Crippen molar-refractivity contribution in [3.63, 3.8) is 0 Å². The predicted molar refractivity (Wildman–Crippen MR) is 65.4 cm³/mol. The molecule has 1 aliphatic rings. The first-order valence-electron chi connectivity index (χ1n) is 5.84. The molecule has 2 unspecified atom stereocenters. The molecule has 0 saturated carbocycles. The first-order valence-corrected chi connectivity index (χ1v) is 5.84. The van der Waals surface area contributed by atoms with Gasteiger partial charge in [-0.15, -0.1) is 0 Å². The third-order valence-corrected chi connectivity index (χ3v) is 3.15. The number of carbonyl (C=O) groups is 1. The van der Waals surface area contributed by atoms with Crippen molar-refractivity contribution >= 4 is 5.91 Å². The van der Waals surface area contributed by atoms with Crippen molar-refractivity contribution in [2.45, 2.75) is 24.9 Å². The Morgan fingerprint density at radius 1 is 1.47 bits per heavy atom. The fourth-order valence-electron chi connectivity index (χ4n) is 1.93. The summed E-state index contributed by atoms with van der Waals surface area (Å²) >= 11 is 0. The predicted octanol–water partition coefficient (Wildman–Crippen LogP) is 0.982. The Balaban J connectivity index is 1.99. The lowest BCUT2D eigenvalue weighted by Gasteiger charge is -2.24. The highest BCUT2D eigenvalue weighted by molar-refractivity contribution is 5.86. The van der Waals surface area contributed by atoms with Crippen molar-refractivity contribution in [2.24, 2.45) is 5.73 Å². The van der Waals surface area contributed by atoms with Crippen molar-refractivity contribution in [1.29, 1.82) is 0 Å². The maximum Gasteiger partial charge on any atom is 0.243 e. The summed E-state index contributed by atoms with van der Waals surface area (Å²) in [5, 5.41) is 2.93. The maximum atomic E-state index is 12.0. The van der Waals surface area contributed by atoms with E-state index in [1.807, 2.05) is 37.3 Å². The Labute approximate surface area is 101 Å². The molecule has 1 fully saturated rings. The zero-order valence-electron chi connectivity index (χ0n) is 9.98. The van der Waals surface area contributed by atoms with Gasteiger partial charge in [0.1, 0.15) is 5.54 Å². The molecule has 1 aromatic rings. The van der Waals surface area contributed by atoms with E-state index in [9.17, 15) is 4.79 Å². The van der Waals surface area contributed by atoms with Gasteiger partial charge < -0.3 is 15.8 Å². The van der Waals surface area contributed by atoms with Crippen LogP contribution in [0, 0.1) is 0 Å². The minimum absolute atomic E-state index is 0.0373. The third kappa shape index (κ3) is 2.65. The fraction of sp³-hybridized carbons (Fsp3) is 0.462. The summed E-state index contributed by atoms with van der Waals surface area (Å²) in [5.41, 5.74) is 6.21. The van der Waals surface area contributed by atoms with Gasteiger partial charge in [-0.05, 0) is 18.9 Å². The van der Waals surface area contributed by atoms with Crippen molar-refractivity contribution in [1.82, 2.24) is 5.32 Å². The SMILES string of the molecule is CC(NC(=O)C1(N)CCOC1)c1ccccc1. The van der Waals surface area contributed by atoms with Crippen molar-refractivity contribution in [3.8, 4) is 0 Å². The number of rotatable bonds is 3. The standard InChI is InChI=1S/C13H18N2O2/c1-10(11-5-3-2-4-6-11)15-12(16)13(14)7-8-17-9-13/h2-6,10H,7-9,14H2,1H3,(H,15,16). The molecule has 0 bridgehead atoms. The lowest BCUT2D eigenvalue weighted by atomic mass is 9.98. The van der Waals surface area contributed by atoms with E-state index in [0.717, 1.165) is 5.56 Å². The highest BCUT2D eigenvalue weighted by Crippen LogP contribution is 2.18. The number of benzene rings is 1. The monoisotopic (exact) mass is 234 g/mol. The molecule has 4 nitrogen and oxygen atoms in total. The lowest BCUT2D eigenvalue weighted by molar-refractivity contribution is -0.127. The second-order valence-corrected chi connectivity index (χ2v) is 4.56. The molecule has 1 aromatic carbocycles. The lowest BCUT2D eigenvalue weighted by Crippen LogP contribution is -2.54. The van der Waals surface area contributed by atoms with E-state index < -0.39 is 5.54 Å². The summed E-state index contributed by atoms with van der Waals surface area (Å²) in [7, 11) is 0. The minimum Gasteiger partial charge on any atom is -0.379 e. The Morgan fingerprint density at radius 3 is 2.76 bits per heavy atom. The first kappa shape index (κ1) is 12.1. The number of nitrogens with two attached hydrogens (primary N) is 1. The van der Waals surface area contributed by atoms with E-state index in [4.69, 9.17) is 10.5 Å². The molecule has 0 aliphatic carbocycles. The van der Waals surface area contributed by atoms with Crippen LogP contribution in [0.2, 0.25) is 0 Å². The quantitative estimate of drug-likeness (QED) is 0.819. The normalized spacial score (nSPS) is 25.5. The number of nitrogens with one attached hydrogen (secondary N) is 1. The van der Waals surface area contributed by atoms with Gasteiger partial charge in [-0.25, -0.2) is 0 Å². The number of hydrogen-bond acceptors (Lipinski definition) is 3. The van der Waals surface area contributed by atoms with Crippen molar-refractivity contribution in [2.75, 3.05) is 13.2 Å². The van der Waals surface area contributed by atoms with Gasteiger partial charge in [-0.1, -0.05) is 30.3 Å². The highest BCUT2D eigenvalue weighted by atomic mass is 16.5. The molecule has 1 heterocycles. The van der Waals surface area contributed by atoms with Crippen LogP contribution >= 0.6 is 0 Å². The van der Waals surface area contributed by atoms with E-state index in [-0.39, 0.29) is 11.9 Å². The largest absolute Gasteiger partial charge is 0.379 e. The van der Waals surface area contributed by atoms with Crippen molar-refractivity contribution in [3.05, 3.63) is 35.9 Å². The molecule has 0 radical (unpaired) electrons. The van der Waals surface area contributed by atoms with Gasteiger partial charge in [-0.3, -0.25) is 4.79 Å². The molecular formula is C13H18N2O2. The van der Waals surface area contributed by atoms with Gasteiger partial charge in [0, 0.05) is 6.61 Å². The molecule has 3 N–H and O–H groups in total. The molecule has 1 saturated heterocycles. The summed E-state index contributed by atoms with van der Waals surface area (Å²) < 4.78 is 5.18. The van der Waals surface area contributed by atoms with Crippen LogP contribution < -0.4 is 11.1 Å². The van der Waals surface area contributed by atoms with Crippen LogP contribution in [0.3, 0.4) is 0 Å². The molecular weight excluding hydrogens is 216 g/mol. The van der Waals surface area contributed by atoms with E-state index >= 15 is 0 Å². The van der Waals surface area contributed by atoms with Crippen molar-refractivity contribution < 1.29 is 9.53 Å². The average molecular weight is 234 g/mol. The van der Waals surface area contributed by atoms with Crippen LogP contribution in [0.5, 0.6) is 0 Å². The summed E-state index contributed by atoms with van der Waals surface area (Å²) in [6.07, 6.45) is 0.584. The first-order chi connectivity index (χ1) is 8.12. The van der Waals surface area contributed by atoms with E-state index in [0.29, 0.717) is 19.6 Å². The van der Waals surface area contributed by atoms with Gasteiger partial charge >= 0.3 is 0 Å². The van der Waals surface area contributed by atoms with Crippen LogP contribution in [-0.4, -0.2) is 24.7 Å². The molecule has 92 valence electrons. The van der Waals surface area contributed by atoms with Gasteiger partial charge in [0.05, 0.1) is 12.6 Å². The summed E-state index contributed by atoms with van der Waals surface area (Å²) in [5.74, 6) is -0.133. The summed E-state index contributed by atoms with van der Waals surface area (Å²) in [6.45, 7) is 2.82. The minimum atomic E-state index is -0.858. The van der Waals surface area contributed by atoms with E-state index in [2.05, 4.69) is 5.32 Å². The van der Waals surface area contributed by atoms with E-state index in [1.54, 1.807) is 0 Å². The Bertz CT molecular complexity index is 386. The molecule has 2 atom stereocenters. The smallest absolute Gasteiger partial charge is 0.243 e. The number of ether oxygens (including phenoxy) is 1. The van der Waals surface area contributed by atoms with Gasteiger partial charge in [0.25, 0.3) is 0 Å². The van der Waals surface area contributed by atoms with Crippen LogP contribution in [0.25, 0.3) is 0 Å². The highest BCUT2D eigenvalue weighted by Gasteiger charge is 2.38. The molecule has 0 aromatic heterocycles. The number of hydrogen-bond donors (Lipinski definition) is 2. The van der Waals surface area contributed by atoms with Crippen LogP contribution in [0.15, 0.2) is 30.3 Å². The van der Waals surface area contributed by atoms with Crippen LogP contribution in [0.4, 0.5) is 0 Å². The van der Waals surface area contributed by atoms with Gasteiger partial charge in [0.15, 0.2) is 0 Å². The van der Waals surface area contributed by atoms with Gasteiger partial charge in [-0.2, -0.15) is 0 Å². The Morgan fingerprint density at radius 2 is 2.18 bits per heavy atom. The second kappa shape index (κ2) is 4.85. The van der Waals surface area contributed by atoms with Crippen LogP contribution in [-0.2, 0) is 9.53 Å². The molecule has 2 rings (SSSR count). The number of amides is 1.